The summed E-state index contributed by atoms with van der Waals surface area (Å²) in [5, 5.41) is 0. The molecule has 1 fully saturated rings. The topological polar surface area (TPSA) is 26.0 Å². The van der Waals surface area contributed by atoms with Crippen molar-refractivity contribution in [2.45, 2.75) is 45.6 Å². The van der Waals surface area contributed by atoms with Crippen LogP contribution in [0.2, 0.25) is 0 Å². The van der Waals surface area contributed by atoms with E-state index in [0.29, 0.717) is 11.5 Å². The molecule has 3 unspecified atom stereocenters. The Hall–Kier alpha value is -0.890. The van der Waals surface area contributed by atoms with Crippen LogP contribution in [0, 0.1) is 24.6 Å². The molecule has 0 aromatic heterocycles. The van der Waals surface area contributed by atoms with Crippen molar-refractivity contribution < 1.29 is 4.39 Å². The summed E-state index contributed by atoms with van der Waals surface area (Å²) in [6, 6.07) is 5.10. The zero-order valence-electron chi connectivity index (χ0n) is 10.7. The maximum absolute atomic E-state index is 13.8. The predicted octanol–water partition coefficient (Wildman–Crippen LogP) is 3.96. The van der Waals surface area contributed by atoms with Gasteiger partial charge in [0.05, 0.1) is 0 Å². The van der Waals surface area contributed by atoms with Crippen LogP contribution in [0.3, 0.4) is 0 Å². The third-order valence-corrected chi connectivity index (χ3v) is 4.00. The van der Waals surface area contributed by atoms with Gasteiger partial charge in [-0.05, 0) is 37.7 Å². The van der Waals surface area contributed by atoms with Crippen molar-refractivity contribution in [1.29, 1.82) is 0 Å². The van der Waals surface area contributed by atoms with Gasteiger partial charge in [0, 0.05) is 11.6 Å². The summed E-state index contributed by atoms with van der Waals surface area (Å²) in [6.07, 6.45) is 4.79. The Morgan fingerprint density at radius 2 is 2.12 bits per heavy atom. The van der Waals surface area contributed by atoms with Gasteiger partial charge in [0.25, 0.3) is 0 Å². The molecule has 0 saturated heterocycles. The van der Waals surface area contributed by atoms with E-state index in [1.54, 1.807) is 6.07 Å². The van der Waals surface area contributed by atoms with Crippen molar-refractivity contribution in [3.8, 4) is 0 Å². The maximum atomic E-state index is 13.8. The van der Waals surface area contributed by atoms with E-state index in [9.17, 15) is 4.39 Å². The minimum absolute atomic E-state index is 0.141. The number of nitrogens with two attached hydrogens (primary N) is 1. The van der Waals surface area contributed by atoms with E-state index in [1.165, 1.54) is 18.9 Å². The fraction of sp³-hybridized carbons (Fsp3) is 0.600. The average molecular weight is 235 g/mol. The van der Waals surface area contributed by atoms with Crippen LogP contribution < -0.4 is 5.73 Å². The van der Waals surface area contributed by atoms with Crippen LogP contribution in [0.25, 0.3) is 0 Å². The van der Waals surface area contributed by atoms with Crippen molar-refractivity contribution in [3.05, 3.63) is 35.1 Å². The lowest BCUT2D eigenvalue weighted by Crippen LogP contribution is -2.27. The summed E-state index contributed by atoms with van der Waals surface area (Å²) in [6.45, 7) is 4.25. The number of hydrogen-bond donors (Lipinski definition) is 1. The van der Waals surface area contributed by atoms with Crippen LogP contribution in [0.5, 0.6) is 0 Å². The van der Waals surface area contributed by atoms with Gasteiger partial charge in [-0.2, -0.15) is 0 Å². The summed E-state index contributed by atoms with van der Waals surface area (Å²) in [7, 11) is 0. The summed E-state index contributed by atoms with van der Waals surface area (Å²) in [5.41, 5.74) is 8.04. The van der Waals surface area contributed by atoms with Crippen LogP contribution in [-0.2, 0) is 0 Å². The fourth-order valence-corrected chi connectivity index (χ4v) is 2.98. The molecule has 1 aliphatic carbocycles. The molecule has 2 N–H and O–H groups in total. The van der Waals surface area contributed by atoms with Gasteiger partial charge >= 0.3 is 0 Å². The van der Waals surface area contributed by atoms with Gasteiger partial charge in [-0.3, -0.25) is 0 Å². The molecule has 0 bridgehead atoms. The molecule has 3 atom stereocenters. The van der Waals surface area contributed by atoms with E-state index in [1.807, 2.05) is 13.0 Å². The normalized spacial score (nSPS) is 26.8. The Kier molecular flexibility index (Phi) is 3.82. The third-order valence-electron chi connectivity index (χ3n) is 4.00. The molecular formula is C15H22FN. The molecule has 2 rings (SSSR count). The van der Waals surface area contributed by atoms with E-state index in [0.717, 1.165) is 24.3 Å². The lowest BCUT2D eigenvalue weighted by Gasteiger charge is -2.31. The Balaban J connectivity index is 2.18. The quantitative estimate of drug-likeness (QED) is 0.825. The Labute approximate surface area is 103 Å². The standard InChI is InChI=1S/C15H22FN/c1-10-4-3-5-12(8-10)15(17)13-9-11(2)6-7-14(13)16/h6-7,9-10,12,15H,3-5,8,17H2,1-2H3. The van der Waals surface area contributed by atoms with Crippen LogP contribution in [0.1, 0.15) is 49.8 Å². The van der Waals surface area contributed by atoms with Crippen LogP contribution >= 0.6 is 0 Å². The molecule has 0 spiro atoms. The number of benzene rings is 1. The van der Waals surface area contributed by atoms with Crippen molar-refractivity contribution in [2.75, 3.05) is 0 Å². The van der Waals surface area contributed by atoms with Crippen LogP contribution in [-0.4, -0.2) is 0 Å². The van der Waals surface area contributed by atoms with E-state index < -0.39 is 0 Å². The van der Waals surface area contributed by atoms with Gasteiger partial charge in [0.15, 0.2) is 0 Å². The van der Waals surface area contributed by atoms with Crippen LogP contribution in [0.15, 0.2) is 18.2 Å². The Morgan fingerprint density at radius 1 is 1.35 bits per heavy atom. The molecule has 1 saturated carbocycles. The molecule has 1 aromatic rings. The van der Waals surface area contributed by atoms with Gasteiger partial charge in [0.2, 0.25) is 0 Å². The first-order valence-electron chi connectivity index (χ1n) is 6.59. The molecule has 94 valence electrons. The van der Waals surface area contributed by atoms with Crippen molar-refractivity contribution in [1.82, 2.24) is 0 Å². The SMILES string of the molecule is Cc1ccc(F)c(C(N)C2CCCC(C)C2)c1. The van der Waals surface area contributed by atoms with Crippen molar-refractivity contribution in [2.24, 2.45) is 17.6 Å². The molecule has 1 aliphatic rings. The van der Waals surface area contributed by atoms with Crippen LogP contribution in [0.4, 0.5) is 4.39 Å². The first-order chi connectivity index (χ1) is 8.08. The molecule has 0 amide bonds. The number of halogens is 1. The van der Waals surface area contributed by atoms with Gasteiger partial charge in [-0.1, -0.05) is 37.5 Å². The molecule has 1 aromatic carbocycles. The maximum Gasteiger partial charge on any atom is 0.127 e. The summed E-state index contributed by atoms with van der Waals surface area (Å²) in [4.78, 5) is 0. The van der Waals surface area contributed by atoms with Gasteiger partial charge in [-0.25, -0.2) is 4.39 Å². The molecule has 2 heteroatoms. The zero-order valence-corrected chi connectivity index (χ0v) is 10.7. The fourth-order valence-electron chi connectivity index (χ4n) is 2.98. The average Bonchev–Trinajstić information content (AvgIpc) is 2.31. The lowest BCUT2D eigenvalue weighted by molar-refractivity contribution is 0.245. The smallest absolute Gasteiger partial charge is 0.127 e. The van der Waals surface area contributed by atoms with E-state index in [2.05, 4.69) is 6.92 Å². The first kappa shape index (κ1) is 12.6. The Bertz CT molecular complexity index is 389. The third kappa shape index (κ3) is 2.86. The van der Waals surface area contributed by atoms with E-state index in [-0.39, 0.29) is 11.9 Å². The second-order valence-electron chi connectivity index (χ2n) is 5.58. The van der Waals surface area contributed by atoms with Gasteiger partial charge in [0.1, 0.15) is 5.82 Å². The lowest BCUT2D eigenvalue weighted by atomic mass is 9.77. The molecule has 0 aliphatic heterocycles. The molecule has 0 heterocycles. The highest BCUT2D eigenvalue weighted by atomic mass is 19.1. The predicted molar refractivity (Wildman–Crippen MR) is 69.2 cm³/mol. The summed E-state index contributed by atoms with van der Waals surface area (Å²) < 4.78 is 13.8. The van der Waals surface area contributed by atoms with Crippen molar-refractivity contribution in [3.63, 3.8) is 0 Å². The summed E-state index contributed by atoms with van der Waals surface area (Å²) >= 11 is 0. The highest BCUT2D eigenvalue weighted by molar-refractivity contribution is 5.27. The Morgan fingerprint density at radius 3 is 2.82 bits per heavy atom. The largest absolute Gasteiger partial charge is 0.324 e. The molecule has 0 radical (unpaired) electrons. The van der Waals surface area contributed by atoms with E-state index >= 15 is 0 Å². The monoisotopic (exact) mass is 235 g/mol. The minimum atomic E-state index is -0.152. The summed E-state index contributed by atoms with van der Waals surface area (Å²) in [5.74, 6) is 1.02. The molecule has 1 nitrogen and oxygen atoms in total. The molecular weight excluding hydrogens is 213 g/mol. The number of aryl methyl sites for hydroxylation is 1. The number of rotatable bonds is 2. The highest BCUT2D eigenvalue weighted by Crippen LogP contribution is 2.36. The highest BCUT2D eigenvalue weighted by Gasteiger charge is 2.26. The number of hydrogen-bond acceptors (Lipinski definition) is 1. The van der Waals surface area contributed by atoms with Crippen molar-refractivity contribution >= 4 is 0 Å². The minimum Gasteiger partial charge on any atom is -0.324 e. The van der Waals surface area contributed by atoms with Gasteiger partial charge in [-0.15, -0.1) is 0 Å². The zero-order chi connectivity index (χ0) is 12.4. The van der Waals surface area contributed by atoms with Gasteiger partial charge < -0.3 is 5.73 Å². The molecule has 17 heavy (non-hydrogen) atoms. The van der Waals surface area contributed by atoms with E-state index in [4.69, 9.17) is 5.73 Å². The second-order valence-corrected chi connectivity index (χ2v) is 5.58. The first-order valence-corrected chi connectivity index (χ1v) is 6.59. The second kappa shape index (κ2) is 5.18.